The highest BCUT2D eigenvalue weighted by Crippen LogP contribution is 2.17. The molecule has 1 atom stereocenters. The number of hydrogen-bond donors (Lipinski definition) is 2. The predicted molar refractivity (Wildman–Crippen MR) is 79.3 cm³/mol. The van der Waals surface area contributed by atoms with E-state index in [9.17, 15) is 0 Å². The van der Waals surface area contributed by atoms with Gasteiger partial charge in [0, 0.05) is 19.6 Å². The third-order valence-corrected chi connectivity index (χ3v) is 3.51. The second-order valence-electron chi connectivity index (χ2n) is 4.75. The van der Waals surface area contributed by atoms with Gasteiger partial charge in [-0.15, -0.1) is 0 Å². The van der Waals surface area contributed by atoms with Crippen molar-refractivity contribution in [2.45, 2.75) is 32.7 Å². The van der Waals surface area contributed by atoms with Crippen LogP contribution in [0.25, 0.3) is 0 Å². The molecule has 2 rings (SSSR count). The molecule has 2 N–H and O–H groups in total. The molecule has 7 nitrogen and oxygen atoms in total. The lowest BCUT2D eigenvalue weighted by molar-refractivity contribution is 0.276. The van der Waals surface area contributed by atoms with Crippen LogP contribution in [0.4, 0.5) is 11.9 Å². The third kappa shape index (κ3) is 3.69. The SMILES string of the molecule is CCOc1nc(NC)nc(NCC2CCCN2CC)n1. The number of hydrogen-bond acceptors (Lipinski definition) is 7. The van der Waals surface area contributed by atoms with Gasteiger partial charge in [-0.1, -0.05) is 6.92 Å². The predicted octanol–water partition coefficient (Wildman–Crippen LogP) is 1.21. The first-order valence-corrected chi connectivity index (χ1v) is 7.31. The minimum absolute atomic E-state index is 0.355. The summed E-state index contributed by atoms with van der Waals surface area (Å²) < 4.78 is 5.35. The first-order valence-electron chi connectivity index (χ1n) is 7.31. The van der Waals surface area contributed by atoms with E-state index in [0.29, 0.717) is 30.6 Å². The molecular weight excluding hydrogens is 256 g/mol. The van der Waals surface area contributed by atoms with Crippen molar-refractivity contribution >= 4 is 11.9 Å². The average molecular weight is 280 g/mol. The lowest BCUT2D eigenvalue weighted by Crippen LogP contribution is -2.35. The summed E-state index contributed by atoms with van der Waals surface area (Å²) in [5.74, 6) is 1.08. The lowest BCUT2D eigenvalue weighted by Gasteiger charge is -2.22. The second-order valence-corrected chi connectivity index (χ2v) is 4.75. The fraction of sp³-hybridized carbons (Fsp3) is 0.769. The maximum atomic E-state index is 5.35. The van der Waals surface area contributed by atoms with E-state index in [0.717, 1.165) is 13.1 Å². The Morgan fingerprint density at radius 2 is 2.05 bits per heavy atom. The topological polar surface area (TPSA) is 75.2 Å². The maximum absolute atomic E-state index is 5.35. The van der Waals surface area contributed by atoms with Crippen LogP contribution in [0.3, 0.4) is 0 Å². The van der Waals surface area contributed by atoms with Crippen LogP contribution in [0.5, 0.6) is 6.01 Å². The highest BCUT2D eigenvalue weighted by Gasteiger charge is 2.22. The van der Waals surface area contributed by atoms with E-state index in [4.69, 9.17) is 4.74 Å². The Morgan fingerprint density at radius 1 is 1.25 bits per heavy atom. The van der Waals surface area contributed by atoms with Gasteiger partial charge < -0.3 is 15.4 Å². The summed E-state index contributed by atoms with van der Waals surface area (Å²) in [6.07, 6.45) is 2.49. The molecule has 1 saturated heterocycles. The van der Waals surface area contributed by atoms with Crippen LogP contribution in [0, 0.1) is 0 Å². The van der Waals surface area contributed by atoms with Crippen LogP contribution in [0.15, 0.2) is 0 Å². The molecular formula is C13H24N6O. The Labute approximate surface area is 120 Å². The van der Waals surface area contributed by atoms with Crippen molar-refractivity contribution in [1.29, 1.82) is 0 Å². The number of nitrogens with one attached hydrogen (secondary N) is 2. The summed E-state index contributed by atoms with van der Waals surface area (Å²) in [4.78, 5) is 15.2. The molecule has 2 heterocycles. The Morgan fingerprint density at radius 3 is 2.75 bits per heavy atom. The molecule has 0 spiro atoms. The van der Waals surface area contributed by atoms with Crippen LogP contribution in [-0.2, 0) is 0 Å². The molecule has 0 saturated carbocycles. The number of likely N-dealkylation sites (tertiary alicyclic amines) is 1. The minimum atomic E-state index is 0.355. The van der Waals surface area contributed by atoms with Crippen molar-refractivity contribution in [3.8, 4) is 6.01 Å². The van der Waals surface area contributed by atoms with Gasteiger partial charge in [-0.3, -0.25) is 4.90 Å². The van der Waals surface area contributed by atoms with Crippen molar-refractivity contribution in [2.24, 2.45) is 0 Å². The van der Waals surface area contributed by atoms with Crippen molar-refractivity contribution in [3.63, 3.8) is 0 Å². The zero-order valence-electron chi connectivity index (χ0n) is 12.5. The zero-order valence-corrected chi connectivity index (χ0v) is 12.5. The zero-order chi connectivity index (χ0) is 14.4. The molecule has 7 heteroatoms. The Balaban J connectivity index is 1.99. The summed E-state index contributed by atoms with van der Waals surface area (Å²) in [6, 6.07) is 0.915. The van der Waals surface area contributed by atoms with Crippen molar-refractivity contribution in [3.05, 3.63) is 0 Å². The molecule has 1 fully saturated rings. The molecule has 0 bridgehead atoms. The van der Waals surface area contributed by atoms with Crippen LogP contribution in [0.2, 0.25) is 0 Å². The summed E-state index contributed by atoms with van der Waals surface area (Å²) >= 11 is 0. The summed E-state index contributed by atoms with van der Waals surface area (Å²) in [6.45, 7) is 7.79. The number of anilines is 2. The summed E-state index contributed by atoms with van der Waals surface area (Å²) in [7, 11) is 1.78. The Kier molecular flexibility index (Phi) is 5.34. The lowest BCUT2D eigenvalue weighted by atomic mass is 10.2. The average Bonchev–Trinajstić information content (AvgIpc) is 2.92. The van der Waals surface area contributed by atoms with Gasteiger partial charge >= 0.3 is 6.01 Å². The van der Waals surface area contributed by atoms with E-state index in [2.05, 4.69) is 37.4 Å². The van der Waals surface area contributed by atoms with Crippen LogP contribution < -0.4 is 15.4 Å². The van der Waals surface area contributed by atoms with E-state index in [1.807, 2.05) is 6.92 Å². The van der Waals surface area contributed by atoms with Gasteiger partial charge in [0.2, 0.25) is 11.9 Å². The molecule has 0 radical (unpaired) electrons. The van der Waals surface area contributed by atoms with Gasteiger partial charge in [0.05, 0.1) is 6.61 Å². The van der Waals surface area contributed by atoms with Gasteiger partial charge in [-0.2, -0.15) is 15.0 Å². The third-order valence-electron chi connectivity index (χ3n) is 3.51. The number of nitrogens with zero attached hydrogens (tertiary/aromatic N) is 4. The largest absolute Gasteiger partial charge is 0.464 e. The molecule has 1 aromatic rings. The van der Waals surface area contributed by atoms with Crippen molar-refractivity contribution < 1.29 is 4.74 Å². The Hall–Kier alpha value is -1.63. The van der Waals surface area contributed by atoms with Gasteiger partial charge in [-0.25, -0.2) is 0 Å². The highest BCUT2D eigenvalue weighted by atomic mass is 16.5. The smallest absolute Gasteiger partial charge is 0.323 e. The first-order chi connectivity index (χ1) is 9.76. The van der Waals surface area contributed by atoms with Gasteiger partial charge in [-0.05, 0) is 32.9 Å². The number of rotatable bonds is 7. The molecule has 112 valence electrons. The van der Waals surface area contributed by atoms with Crippen LogP contribution >= 0.6 is 0 Å². The molecule has 1 unspecified atom stereocenters. The van der Waals surface area contributed by atoms with Crippen molar-refractivity contribution in [1.82, 2.24) is 19.9 Å². The fourth-order valence-corrected chi connectivity index (χ4v) is 2.49. The quantitative estimate of drug-likeness (QED) is 0.777. The normalized spacial score (nSPS) is 19.1. The molecule has 1 aliphatic heterocycles. The maximum Gasteiger partial charge on any atom is 0.323 e. The summed E-state index contributed by atoms with van der Waals surface area (Å²) in [5, 5.41) is 6.22. The Bertz CT molecular complexity index is 427. The molecule has 20 heavy (non-hydrogen) atoms. The van der Waals surface area contributed by atoms with E-state index >= 15 is 0 Å². The van der Waals surface area contributed by atoms with Crippen LogP contribution in [-0.4, -0.2) is 59.2 Å². The van der Waals surface area contributed by atoms with E-state index in [-0.39, 0.29) is 0 Å². The number of aromatic nitrogens is 3. The molecule has 1 aromatic heterocycles. The summed E-state index contributed by atoms with van der Waals surface area (Å²) in [5.41, 5.74) is 0. The van der Waals surface area contributed by atoms with Crippen molar-refractivity contribution in [2.75, 3.05) is 43.9 Å². The molecule has 0 aliphatic carbocycles. The highest BCUT2D eigenvalue weighted by molar-refractivity contribution is 5.35. The second kappa shape index (κ2) is 7.23. The van der Waals surface area contributed by atoms with Gasteiger partial charge in [0.15, 0.2) is 0 Å². The molecule has 0 amide bonds. The standard InChI is InChI=1S/C13H24N6O/c1-4-19-8-6-7-10(19)9-15-12-16-11(14-3)17-13(18-12)20-5-2/h10H,4-9H2,1-3H3,(H2,14,15,16,17,18). The minimum Gasteiger partial charge on any atom is -0.464 e. The van der Waals surface area contributed by atoms with Crippen LogP contribution in [0.1, 0.15) is 26.7 Å². The van der Waals surface area contributed by atoms with Gasteiger partial charge in [0.1, 0.15) is 0 Å². The number of ether oxygens (including phenoxy) is 1. The van der Waals surface area contributed by atoms with Gasteiger partial charge in [0.25, 0.3) is 0 Å². The van der Waals surface area contributed by atoms with E-state index in [1.54, 1.807) is 7.05 Å². The first kappa shape index (κ1) is 14.8. The molecule has 1 aliphatic rings. The number of likely N-dealkylation sites (N-methyl/N-ethyl adjacent to an activating group) is 1. The monoisotopic (exact) mass is 280 g/mol. The fourth-order valence-electron chi connectivity index (χ4n) is 2.49. The van der Waals surface area contributed by atoms with E-state index in [1.165, 1.54) is 19.4 Å². The molecule has 0 aromatic carbocycles. The van der Waals surface area contributed by atoms with E-state index < -0.39 is 0 Å².